The van der Waals surface area contributed by atoms with Gasteiger partial charge in [-0.05, 0) is 65.1 Å². The monoisotopic (exact) mass is 855 g/mol. The van der Waals surface area contributed by atoms with Gasteiger partial charge in [-0.1, -0.05) is 124 Å². The minimum absolute atomic E-state index is 0.121. The van der Waals surface area contributed by atoms with Crippen molar-refractivity contribution in [2.75, 3.05) is 11.9 Å². The number of anilines is 1. The Kier molecular flexibility index (Phi) is 12.6. The molecule has 9 rings (SSSR count). The van der Waals surface area contributed by atoms with Crippen LogP contribution in [0.2, 0.25) is 5.02 Å². The van der Waals surface area contributed by atoms with E-state index in [0.717, 1.165) is 59.0 Å². The third-order valence-corrected chi connectivity index (χ3v) is 11.3. The van der Waals surface area contributed by atoms with Gasteiger partial charge in [-0.3, -0.25) is 0 Å². The summed E-state index contributed by atoms with van der Waals surface area (Å²) in [5, 5.41) is 33.4. The number of alkyl halides is 2. The largest absolute Gasteiger partial charge is 0.478 e. The Balaban J connectivity index is 0.000000173. The van der Waals surface area contributed by atoms with Crippen LogP contribution >= 0.6 is 11.6 Å². The van der Waals surface area contributed by atoms with Crippen LogP contribution in [0.15, 0.2) is 116 Å². The Morgan fingerprint density at radius 3 is 2.39 bits per heavy atom. The minimum Gasteiger partial charge on any atom is -0.478 e. The molecule has 1 aliphatic rings. The molecule has 11 nitrogen and oxygen atoms in total. The predicted octanol–water partition coefficient (Wildman–Crippen LogP) is 12.3. The maximum Gasteiger partial charge on any atom is 0.337 e. The summed E-state index contributed by atoms with van der Waals surface area (Å²) >= 11 is 6.10. The molecule has 3 N–H and O–H groups in total. The fraction of sp³-hybridized carbons (Fsp3) is 0.271. The van der Waals surface area contributed by atoms with Crippen molar-refractivity contribution in [1.29, 1.82) is 0 Å². The average molecular weight is 856 g/mol. The molecule has 62 heavy (non-hydrogen) atoms. The number of unbranched alkanes of at least 4 members (excludes halogenated alkanes) is 7. The molecule has 0 bridgehead atoms. The number of nitrogens with zero attached hydrogens (tertiary/aromatic N) is 7. The van der Waals surface area contributed by atoms with Crippen molar-refractivity contribution in [2.24, 2.45) is 0 Å². The zero-order chi connectivity index (χ0) is 43.2. The Bertz CT molecular complexity index is 2820. The second-order valence-electron chi connectivity index (χ2n) is 15.7. The van der Waals surface area contributed by atoms with Crippen molar-refractivity contribution >= 4 is 57.0 Å². The number of nitrogens with one attached hydrogen (secondary N) is 2. The van der Waals surface area contributed by atoms with Crippen LogP contribution in [0.1, 0.15) is 98.3 Å². The summed E-state index contributed by atoms with van der Waals surface area (Å²) in [6, 6.07) is 28.3. The number of allylic oxidation sites excluding steroid dienone is 1. The highest BCUT2D eigenvalue weighted by Crippen LogP contribution is 2.40. The molecule has 1 aliphatic carbocycles. The number of aromatic nitrogens is 8. The predicted molar refractivity (Wildman–Crippen MR) is 242 cm³/mol. The van der Waals surface area contributed by atoms with Crippen LogP contribution in [0.5, 0.6) is 0 Å². The Hall–Kier alpha value is -6.60. The third-order valence-electron chi connectivity index (χ3n) is 11.1. The Labute approximate surface area is 363 Å². The highest BCUT2D eigenvalue weighted by Gasteiger charge is 2.33. The van der Waals surface area contributed by atoms with Crippen molar-refractivity contribution in [3.63, 3.8) is 0 Å². The first-order valence-corrected chi connectivity index (χ1v) is 21.4. The molecule has 14 heteroatoms. The van der Waals surface area contributed by atoms with E-state index in [9.17, 15) is 18.7 Å². The first-order valence-electron chi connectivity index (χ1n) is 21.1. The summed E-state index contributed by atoms with van der Waals surface area (Å²) in [7, 11) is 0. The van der Waals surface area contributed by atoms with E-state index in [1.165, 1.54) is 62.0 Å². The van der Waals surface area contributed by atoms with Gasteiger partial charge in [-0.2, -0.15) is 20.1 Å². The fourth-order valence-corrected chi connectivity index (χ4v) is 8.09. The zero-order valence-electron chi connectivity index (χ0n) is 34.6. The van der Waals surface area contributed by atoms with E-state index in [1.54, 1.807) is 46.1 Å². The zero-order valence-corrected chi connectivity index (χ0v) is 35.4. The van der Waals surface area contributed by atoms with E-state index in [1.807, 2.05) is 72.8 Å². The standard InChI is InChI=1S/C26H34F2N6.C22H14ClN3O2/c1-3-4-5-6-7-8-9-12-15-29-24-18-31-34(32-24)25-22-14-11-10-13-20(22)16-23(25)33-19-21(17-30-33)26(2,27)28;23-15-6-3-5-13(10-15)16-8-9-19-17(21(16)22(27)28)12-26(25-19)20-11-14-4-1-2-7-18(14)24-20/h10-11,13-14,16-19,25H,3-9,12,15H2,1-2H3,(H,29,32);1-12,24H,(H,27,28). The molecular formula is C48H48ClF2N9O2. The molecule has 0 saturated carbocycles. The van der Waals surface area contributed by atoms with Gasteiger partial charge in [0.25, 0.3) is 5.92 Å². The van der Waals surface area contributed by atoms with Crippen LogP contribution in [-0.4, -0.2) is 57.2 Å². The number of aromatic amines is 1. The molecule has 4 aromatic carbocycles. The van der Waals surface area contributed by atoms with Gasteiger partial charge in [0.15, 0.2) is 5.82 Å². The number of halogens is 3. The second kappa shape index (κ2) is 18.6. The molecule has 0 amide bonds. The number of hydrogen-bond donors (Lipinski definition) is 3. The van der Waals surface area contributed by atoms with Gasteiger partial charge in [0.2, 0.25) is 0 Å². The summed E-state index contributed by atoms with van der Waals surface area (Å²) in [6.07, 6.45) is 18.2. The lowest BCUT2D eigenvalue weighted by Crippen LogP contribution is -2.17. The molecule has 1 unspecified atom stereocenters. The Morgan fingerprint density at radius 2 is 1.63 bits per heavy atom. The molecule has 1 atom stereocenters. The van der Waals surface area contributed by atoms with Crippen LogP contribution in [0.3, 0.4) is 0 Å². The molecule has 0 aliphatic heterocycles. The van der Waals surface area contributed by atoms with Crippen molar-refractivity contribution in [3.05, 3.63) is 143 Å². The number of carboxylic acid groups (broad SMARTS) is 1. The fourth-order valence-electron chi connectivity index (χ4n) is 7.90. The molecule has 318 valence electrons. The highest BCUT2D eigenvalue weighted by atomic mass is 35.5. The van der Waals surface area contributed by atoms with Gasteiger partial charge in [-0.15, -0.1) is 5.10 Å². The highest BCUT2D eigenvalue weighted by molar-refractivity contribution is 6.31. The molecule has 0 spiro atoms. The topological polar surface area (TPSA) is 131 Å². The van der Waals surface area contributed by atoms with Crippen LogP contribution in [-0.2, 0) is 5.92 Å². The second-order valence-corrected chi connectivity index (χ2v) is 16.1. The SMILES string of the molecule is CCCCCCCCCCNc1cnn(C2C(n3cc(C(C)(F)F)cn3)=Cc3ccccc32)n1.O=C(O)c1c(-c2cccc(Cl)c2)ccc2nn(-c3cc4ccccc4[nH]3)cc12. The summed E-state index contributed by atoms with van der Waals surface area (Å²) < 4.78 is 30.8. The molecule has 4 aromatic heterocycles. The van der Waals surface area contributed by atoms with E-state index >= 15 is 0 Å². The maximum atomic E-state index is 13.8. The van der Waals surface area contributed by atoms with Crippen LogP contribution < -0.4 is 5.32 Å². The summed E-state index contributed by atoms with van der Waals surface area (Å²) in [4.78, 5) is 17.1. The molecule has 4 heterocycles. The molecule has 0 fully saturated rings. The lowest BCUT2D eigenvalue weighted by Gasteiger charge is -2.16. The smallest absolute Gasteiger partial charge is 0.337 e. The number of aromatic carboxylic acids is 1. The van der Waals surface area contributed by atoms with E-state index in [-0.39, 0.29) is 17.2 Å². The molecule has 0 radical (unpaired) electrons. The lowest BCUT2D eigenvalue weighted by atomic mass is 9.97. The van der Waals surface area contributed by atoms with Crippen LogP contribution in [0, 0.1) is 0 Å². The third kappa shape index (κ3) is 9.32. The minimum atomic E-state index is -2.95. The normalized spacial score (nSPS) is 13.6. The number of benzene rings is 4. The van der Waals surface area contributed by atoms with E-state index in [0.29, 0.717) is 27.3 Å². The van der Waals surface area contributed by atoms with Crippen molar-refractivity contribution in [1.82, 2.24) is 39.5 Å². The van der Waals surface area contributed by atoms with Crippen molar-refractivity contribution < 1.29 is 18.7 Å². The summed E-state index contributed by atoms with van der Waals surface area (Å²) in [5.41, 5.74) is 5.82. The number of fused-ring (bicyclic) bond motifs is 3. The van der Waals surface area contributed by atoms with E-state index < -0.39 is 11.9 Å². The lowest BCUT2D eigenvalue weighted by molar-refractivity contribution is 0.0174. The van der Waals surface area contributed by atoms with Gasteiger partial charge in [0.05, 0.1) is 34.7 Å². The quantitative estimate of drug-likeness (QED) is 0.0825. The Morgan fingerprint density at radius 1 is 0.855 bits per heavy atom. The van der Waals surface area contributed by atoms with Crippen molar-refractivity contribution in [2.45, 2.75) is 77.2 Å². The van der Waals surface area contributed by atoms with Gasteiger partial charge in [-0.25, -0.2) is 22.9 Å². The summed E-state index contributed by atoms with van der Waals surface area (Å²) in [5.74, 6) is -2.46. The first-order chi connectivity index (χ1) is 30.1. The van der Waals surface area contributed by atoms with Gasteiger partial charge in [0.1, 0.15) is 11.9 Å². The van der Waals surface area contributed by atoms with Gasteiger partial charge < -0.3 is 15.4 Å². The van der Waals surface area contributed by atoms with Gasteiger partial charge >= 0.3 is 5.97 Å². The number of H-pyrrole nitrogens is 1. The number of carboxylic acids is 1. The van der Waals surface area contributed by atoms with Crippen LogP contribution in [0.4, 0.5) is 14.6 Å². The van der Waals surface area contributed by atoms with E-state index in [2.05, 4.69) is 37.6 Å². The number of para-hydroxylation sites is 1. The first kappa shape index (κ1) is 42.1. The summed E-state index contributed by atoms with van der Waals surface area (Å²) in [6.45, 7) is 3.97. The van der Waals surface area contributed by atoms with Gasteiger partial charge in [0, 0.05) is 47.2 Å². The van der Waals surface area contributed by atoms with Crippen LogP contribution in [0.25, 0.3) is 50.5 Å². The molecular weight excluding hydrogens is 808 g/mol. The number of hydrogen-bond acceptors (Lipinski definition) is 6. The number of rotatable bonds is 16. The van der Waals surface area contributed by atoms with Crippen molar-refractivity contribution in [3.8, 4) is 16.9 Å². The molecule has 0 saturated heterocycles. The molecule has 8 aromatic rings. The maximum absolute atomic E-state index is 13.8. The van der Waals surface area contributed by atoms with E-state index in [4.69, 9.17) is 11.6 Å². The number of carbonyl (C=O) groups is 1. The average Bonchev–Trinajstić information content (AvgIpc) is 4.11.